The molecule has 31 heavy (non-hydrogen) atoms. The molecule has 1 amide bonds. The van der Waals surface area contributed by atoms with Crippen molar-refractivity contribution in [3.8, 4) is 11.5 Å². The minimum Gasteiger partial charge on any atom is -0.507 e. The number of likely N-dealkylation sites (N-methyl/N-ethyl adjacent to an activating group) is 1. The van der Waals surface area contributed by atoms with Gasteiger partial charge in [-0.25, -0.2) is 4.79 Å². The summed E-state index contributed by atoms with van der Waals surface area (Å²) in [5.74, 6) is -2.46. The van der Waals surface area contributed by atoms with E-state index in [0.717, 1.165) is 6.54 Å². The van der Waals surface area contributed by atoms with E-state index >= 15 is 0 Å². The molecule has 3 atom stereocenters. The zero-order chi connectivity index (χ0) is 22.3. The van der Waals surface area contributed by atoms with Crippen LogP contribution in [0.4, 0.5) is 0 Å². The van der Waals surface area contributed by atoms with Gasteiger partial charge in [0.25, 0.3) is 0 Å². The highest BCUT2D eigenvalue weighted by Crippen LogP contribution is 2.56. The molecule has 10 nitrogen and oxygen atoms in total. The Balaban J connectivity index is 1.35. The number of ether oxygens (including phenoxy) is 2. The minimum atomic E-state index is -1.51. The second kappa shape index (κ2) is 8.66. The molecule has 2 aliphatic heterocycles. The molecule has 1 saturated carbocycles. The molecule has 0 bridgehead atoms. The van der Waals surface area contributed by atoms with Crippen LogP contribution in [0.1, 0.15) is 34.7 Å². The highest BCUT2D eigenvalue weighted by Gasteiger charge is 2.48. The number of hydrogen-bond donors (Lipinski definition) is 4. The van der Waals surface area contributed by atoms with Gasteiger partial charge in [-0.2, -0.15) is 0 Å². The number of aromatic hydroxyl groups is 1. The first-order chi connectivity index (χ1) is 14.7. The maximum Gasteiger partial charge on any atom is 0.455 e. The van der Waals surface area contributed by atoms with Crippen molar-refractivity contribution in [1.82, 2.24) is 9.80 Å². The summed E-state index contributed by atoms with van der Waals surface area (Å²) >= 11 is 0. The molecule has 4 N–H and O–H groups in total. The Morgan fingerprint density at radius 3 is 2.61 bits per heavy atom. The summed E-state index contributed by atoms with van der Waals surface area (Å²) < 4.78 is 11.4. The Morgan fingerprint density at radius 1 is 1.26 bits per heavy atom. The van der Waals surface area contributed by atoms with Crippen molar-refractivity contribution in [1.29, 1.82) is 0 Å². The number of carbonyl (C=O) groups excluding carboxylic acids is 1. The molecule has 3 fully saturated rings. The molecule has 0 spiro atoms. The van der Waals surface area contributed by atoms with Crippen LogP contribution in [0.3, 0.4) is 0 Å². The van der Waals surface area contributed by atoms with E-state index in [2.05, 4.69) is 4.90 Å². The second-order valence-electron chi connectivity index (χ2n) is 8.60. The lowest BCUT2D eigenvalue weighted by Gasteiger charge is -2.40. The third-order valence-electron chi connectivity index (χ3n) is 6.25. The predicted octanol–water partition coefficient (Wildman–Crippen LogP) is -0.269. The molecule has 1 aromatic carbocycles. The number of likely N-dealkylation sites (tertiary alicyclic amines) is 1. The van der Waals surface area contributed by atoms with E-state index in [9.17, 15) is 29.9 Å². The molecule has 0 aromatic heterocycles. The highest BCUT2D eigenvalue weighted by molar-refractivity contribution is 6.44. The molecule has 1 aliphatic carbocycles. The number of carbonyl (C=O) groups is 2. The molecular formula is C20H27BN2O8. The van der Waals surface area contributed by atoms with Crippen molar-refractivity contribution in [3.05, 3.63) is 23.3 Å². The average Bonchev–Trinajstić information content (AvgIpc) is 3.44. The molecule has 2 saturated heterocycles. The van der Waals surface area contributed by atoms with E-state index in [1.807, 2.05) is 7.05 Å². The molecule has 1 aromatic rings. The highest BCUT2D eigenvalue weighted by atomic mass is 16.5. The molecular weight excluding hydrogens is 407 g/mol. The van der Waals surface area contributed by atoms with Crippen LogP contribution < -0.4 is 4.74 Å². The largest absolute Gasteiger partial charge is 0.507 e. The van der Waals surface area contributed by atoms with Crippen LogP contribution in [-0.2, 0) is 9.53 Å². The van der Waals surface area contributed by atoms with Crippen molar-refractivity contribution in [3.63, 3.8) is 0 Å². The summed E-state index contributed by atoms with van der Waals surface area (Å²) in [6, 6.07) is 3.04. The van der Waals surface area contributed by atoms with Crippen LogP contribution in [-0.4, -0.2) is 101 Å². The summed E-state index contributed by atoms with van der Waals surface area (Å²) in [6.07, 6.45) is 0.268. The third-order valence-corrected chi connectivity index (χ3v) is 6.25. The smallest absolute Gasteiger partial charge is 0.455 e. The summed E-state index contributed by atoms with van der Waals surface area (Å²) in [5.41, 5.74) is 0.0183. The first kappa shape index (κ1) is 21.9. The molecule has 4 rings (SSSR count). The number of aromatic carboxylic acids is 1. The standard InChI is InChI=1S/C20H27BN2O8/c1-22-4-5-30-11(8-22)6-17(24)23-9-12(10-23)31-16-3-2-13(14-7-15(14)21(28)29)19(25)18(16)20(26)27/h2-3,11-12,14-15,25,28-29H,4-10H2,1H3,(H,26,27)/t11-,14+,15+/m1/s1. The van der Waals surface area contributed by atoms with E-state index < -0.39 is 24.7 Å². The fraction of sp³-hybridized carbons (Fsp3) is 0.600. The van der Waals surface area contributed by atoms with Gasteiger partial charge in [-0.3, -0.25) is 4.79 Å². The number of nitrogens with zero attached hydrogens (tertiary/aromatic N) is 2. The Morgan fingerprint density at radius 2 is 2.00 bits per heavy atom. The zero-order valence-electron chi connectivity index (χ0n) is 17.3. The van der Waals surface area contributed by atoms with Gasteiger partial charge in [-0.1, -0.05) is 6.07 Å². The first-order valence-corrected chi connectivity index (χ1v) is 10.4. The van der Waals surface area contributed by atoms with Crippen LogP contribution in [0, 0.1) is 0 Å². The molecule has 168 valence electrons. The number of carboxylic acid groups (broad SMARTS) is 1. The van der Waals surface area contributed by atoms with Gasteiger partial charge in [0.15, 0.2) is 0 Å². The van der Waals surface area contributed by atoms with Crippen LogP contribution in [0.5, 0.6) is 11.5 Å². The normalized spacial score (nSPS) is 26.3. The number of benzene rings is 1. The Kier molecular flexibility index (Phi) is 6.11. The summed E-state index contributed by atoms with van der Waals surface area (Å²) in [7, 11) is 0.482. The van der Waals surface area contributed by atoms with Gasteiger partial charge >= 0.3 is 13.1 Å². The molecule has 11 heteroatoms. The maximum absolute atomic E-state index is 12.4. The lowest BCUT2D eigenvalue weighted by Crippen LogP contribution is -2.57. The van der Waals surface area contributed by atoms with E-state index in [1.54, 1.807) is 11.0 Å². The van der Waals surface area contributed by atoms with Crippen LogP contribution in [0.2, 0.25) is 5.82 Å². The van der Waals surface area contributed by atoms with E-state index in [1.165, 1.54) is 6.07 Å². The molecule has 2 heterocycles. The maximum atomic E-state index is 12.4. The Bertz CT molecular complexity index is 860. The Labute approximate surface area is 180 Å². The fourth-order valence-electron chi connectivity index (χ4n) is 4.30. The van der Waals surface area contributed by atoms with Crippen molar-refractivity contribution >= 4 is 19.0 Å². The third kappa shape index (κ3) is 4.64. The van der Waals surface area contributed by atoms with Crippen molar-refractivity contribution in [2.75, 3.05) is 39.8 Å². The second-order valence-corrected chi connectivity index (χ2v) is 8.60. The molecule has 0 unspecified atom stereocenters. The number of amides is 1. The van der Waals surface area contributed by atoms with Gasteiger partial charge in [0, 0.05) is 18.9 Å². The summed E-state index contributed by atoms with van der Waals surface area (Å²) in [6.45, 7) is 2.84. The Hall–Kier alpha value is -2.34. The van der Waals surface area contributed by atoms with Gasteiger partial charge in [0.1, 0.15) is 23.2 Å². The van der Waals surface area contributed by atoms with Crippen LogP contribution in [0.15, 0.2) is 12.1 Å². The zero-order valence-corrected chi connectivity index (χ0v) is 17.3. The van der Waals surface area contributed by atoms with Gasteiger partial charge in [-0.05, 0) is 31.0 Å². The summed E-state index contributed by atoms with van der Waals surface area (Å²) in [4.78, 5) is 27.9. The molecule has 0 radical (unpaired) electrons. The minimum absolute atomic E-state index is 0.0286. The van der Waals surface area contributed by atoms with Gasteiger partial charge in [-0.15, -0.1) is 0 Å². The van der Waals surface area contributed by atoms with E-state index in [0.29, 0.717) is 44.6 Å². The van der Waals surface area contributed by atoms with Gasteiger partial charge < -0.3 is 39.5 Å². The monoisotopic (exact) mass is 434 g/mol. The number of hydrogen-bond acceptors (Lipinski definition) is 8. The summed E-state index contributed by atoms with van der Waals surface area (Å²) in [5, 5.41) is 38.6. The topological polar surface area (TPSA) is 140 Å². The lowest BCUT2D eigenvalue weighted by molar-refractivity contribution is -0.144. The number of morpholine rings is 1. The van der Waals surface area contributed by atoms with Crippen LogP contribution in [0.25, 0.3) is 0 Å². The van der Waals surface area contributed by atoms with Crippen LogP contribution >= 0.6 is 0 Å². The van der Waals surface area contributed by atoms with E-state index in [-0.39, 0.29) is 35.3 Å². The quantitative estimate of drug-likeness (QED) is 0.427. The number of rotatable bonds is 7. The first-order valence-electron chi connectivity index (χ1n) is 10.4. The van der Waals surface area contributed by atoms with Crippen molar-refractivity contribution in [2.24, 2.45) is 0 Å². The van der Waals surface area contributed by atoms with Gasteiger partial charge in [0.2, 0.25) is 5.91 Å². The average molecular weight is 434 g/mol. The van der Waals surface area contributed by atoms with E-state index in [4.69, 9.17) is 9.47 Å². The lowest BCUT2D eigenvalue weighted by atomic mass is 9.81. The van der Waals surface area contributed by atoms with Crippen molar-refractivity contribution in [2.45, 2.75) is 36.8 Å². The predicted molar refractivity (Wildman–Crippen MR) is 109 cm³/mol. The fourth-order valence-corrected chi connectivity index (χ4v) is 4.30. The molecule has 3 aliphatic rings. The van der Waals surface area contributed by atoms with Gasteiger partial charge in [0.05, 0.1) is 32.2 Å². The van der Waals surface area contributed by atoms with Crippen molar-refractivity contribution < 1.29 is 39.3 Å². The number of phenols is 1. The SMILES string of the molecule is CN1CCO[C@H](CC(=O)N2CC(Oc3ccc([C@@H]4C[C@@H]4B(O)O)c(O)c3C(=O)O)C2)C1. The number of carboxylic acids is 1.